The number of nitrogens with zero attached hydrogens (tertiary/aromatic N) is 3. The zero-order chi connectivity index (χ0) is 22.3. The van der Waals surface area contributed by atoms with Crippen molar-refractivity contribution in [3.8, 4) is 11.3 Å². The summed E-state index contributed by atoms with van der Waals surface area (Å²) in [6, 6.07) is 17.4. The van der Waals surface area contributed by atoms with Crippen molar-refractivity contribution in [1.82, 2.24) is 14.9 Å². The Morgan fingerprint density at radius 2 is 1.75 bits per heavy atom. The van der Waals surface area contributed by atoms with E-state index in [4.69, 9.17) is 16.0 Å². The Labute approximate surface area is 189 Å². The van der Waals surface area contributed by atoms with Gasteiger partial charge in [0.1, 0.15) is 6.54 Å². The molecule has 4 aromatic rings. The molecule has 2 amide bonds. The fourth-order valence-corrected chi connectivity index (χ4v) is 3.26. The van der Waals surface area contributed by atoms with Crippen molar-refractivity contribution >= 4 is 29.1 Å². The van der Waals surface area contributed by atoms with Crippen molar-refractivity contribution in [3.05, 3.63) is 102 Å². The Bertz CT molecular complexity index is 1180. The first-order valence-electron chi connectivity index (χ1n) is 9.81. The van der Waals surface area contributed by atoms with Crippen LogP contribution in [0.1, 0.15) is 15.9 Å². The van der Waals surface area contributed by atoms with E-state index < -0.39 is 0 Å². The number of aromatic nitrogens is 2. The lowest BCUT2D eigenvalue weighted by Gasteiger charge is -2.22. The summed E-state index contributed by atoms with van der Waals surface area (Å²) in [5.41, 5.74) is 2.68. The number of hydrogen-bond acceptors (Lipinski definition) is 5. The van der Waals surface area contributed by atoms with Gasteiger partial charge >= 0.3 is 0 Å². The third-order valence-corrected chi connectivity index (χ3v) is 4.95. The second-order valence-corrected chi connectivity index (χ2v) is 7.46. The highest BCUT2D eigenvalue weighted by Gasteiger charge is 2.20. The molecular formula is C24H19ClN4O3. The fraction of sp³-hybridized carbons (Fsp3) is 0.0833. The number of nitrogens with one attached hydrogen (secondary N) is 1. The van der Waals surface area contributed by atoms with Crippen LogP contribution in [-0.4, -0.2) is 33.2 Å². The zero-order valence-electron chi connectivity index (χ0n) is 16.9. The minimum atomic E-state index is -0.317. The summed E-state index contributed by atoms with van der Waals surface area (Å²) >= 11 is 5.90. The van der Waals surface area contributed by atoms with Gasteiger partial charge in [-0.3, -0.25) is 14.6 Å². The maximum absolute atomic E-state index is 13.3. The number of anilines is 1. The third-order valence-electron chi connectivity index (χ3n) is 4.69. The predicted molar refractivity (Wildman–Crippen MR) is 121 cm³/mol. The Kier molecular flexibility index (Phi) is 6.57. The molecule has 2 aromatic heterocycles. The quantitative estimate of drug-likeness (QED) is 0.445. The number of carbonyl (C=O) groups excluding carboxylic acids is 2. The highest BCUT2D eigenvalue weighted by atomic mass is 35.5. The van der Waals surface area contributed by atoms with E-state index in [0.29, 0.717) is 22.0 Å². The third kappa shape index (κ3) is 5.39. The molecule has 0 fully saturated rings. The monoisotopic (exact) mass is 446 g/mol. The van der Waals surface area contributed by atoms with Crippen LogP contribution in [0.2, 0.25) is 5.02 Å². The summed E-state index contributed by atoms with van der Waals surface area (Å²) in [6.07, 6.45) is 6.28. The molecule has 0 atom stereocenters. The van der Waals surface area contributed by atoms with E-state index in [1.54, 1.807) is 73.2 Å². The number of pyridine rings is 1. The van der Waals surface area contributed by atoms with E-state index in [0.717, 1.165) is 11.1 Å². The molecule has 0 spiro atoms. The predicted octanol–water partition coefficient (Wildman–Crippen LogP) is 4.67. The molecule has 0 bridgehead atoms. The van der Waals surface area contributed by atoms with Gasteiger partial charge in [0.05, 0.1) is 6.20 Å². The molecule has 0 aliphatic heterocycles. The highest BCUT2D eigenvalue weighted by molar-refractivity contribution is 6.30. The summed E-state index contributed by atoms with van der Waals surface area (Å²) in [6.45, 7) is 0.116. The topological polar surface area (TPSA) is 88.3 Å². The molecule has 0 saturated heterocycles. The molecule has 2 aromatic carbocycles. The summed E-state index contributed by atoms with van der Waals surface area (Å²) in [7, 11) is 0. The Morgan fingerprint density at radius 1 is 0.969 bits per heavy atom. The lowest BCUT2D eigenvalue weighted by molar-refractivity contribution is -0.117. The Hall–Kier alpha value is -3.97. The SMILES string of the molecule is O=C(CN(Cc1cccnc1)C(=O)c1ccc(-c2cnco2)cc1)Nc1ccc(Cl)cc1. The van der Waals surface area contributed by atoms with Crippen molar-refractivity contribution in [3.63, 3.8) is 0 Å². The van der Waals surface area contributed by atoms with Crippen LogP contribution in [0.5, 0.6) is 0 Å². The number of hydrogen-bond donors (Lipinski definition) is 1. The van der Waals surface area contributed by atoms with Gasteiger partial charge < -0.3 is 14.6 Å². The van der Waals surface area contributed by atoms with Crippen LogP contribution >= 0.6 is 11.6 Å². The first-order valence-corrected chi connectivity index (χ1v) is 10.2. The first-order chi connectivity index (χ1) is 15.6. The lowest BCUT2D eigenvalue weighted by Crippen LogP contribution is -2.37. The molecule has 160 valence electrons. The van der Waals surface area contributed by atoms with Crippen LogP contribution in [0.25, 0.3) is 11.3 Å². The van der Waals surface area contributed by atoms with Gasteiger partial charge in [-0.05, 0) is 48.0 Å². The molecule has 2 heterocycles. The second kappa shape index (κ2) is 9.89. The molecule has 0 unspecified atom stereocenters. The molecule has 0 saturated carbocycles. The van der Waals surface area contributed by atoms with Gasteiger partial charge in [-0.15, -0.1) is 0 Å². The molecule has 0 aliphatic carbocycles. The molecular weight excluding hydrogens is 428 g/mol. The van der Waals surface area contributed by atoms with Gasteiger partial charge in [0.25, 0.3) is 5.91 Å². The van der Waals surface area contributed by atoms with E-state index in [9.17, 15) is 9.59 Å². The summed E-state index contributed by atoms with van der Waals surface area (Å²) in [4.78, 5) is 35.4. The maximum Gasteiger partial charge on any atom is 0.254 e. The van der Waals surface area contributed by atoms with Crippen molar-refractivity contribution in [1.29, 1.82) is 0 Å². The first kappa shape index (κ1) is 21.3. The van der Waals surface area contributed by atoms with Crippen LogP contribution in [0.3, 0.4) is 0 Å². The minimum absolute atomic E-state index is 0.125. The van der Waals surface area contributed by atoms with E-state index >= 15 is 0 Å². The number of benzene rings is 2. The zero-order valence-corrected chi connectivity index (χ0v) is 17.7. The Balaban J connectivity index is 1.52. The average Bonchev–Trinajstić information content (AvgIpc) is 3.36. The molecule has 8 heteroatoms. The van der Waals surface area contributed by atoms with E-state index in [-0.39, 0.29) is 24.9 Å². The van der Waals surface area contributed by atoms with Crippen LogP contribution in [-0.2, 0) is 11.3 Å². The van der Waals surface area contributed by atoms with Crippen LogP contribution in [0.15, 0.2) is 90.1 Å². The number of halogens is 1. The van der Waals surface area contributed by atoms with Crippen LogP contribution in [0, 0.1) is 0 Å². The average molecular weight is 447 g/mol. The van der Waals surface area contributed by atoms with Gasteiger partial charge in [0.2, 0.25) is 5.91 Å². The molecule has 7 nitrogen and oxygen atoms in total. The fourth-order valence-electron chi connectivity index (χ4n) is 3.14. The number of rotatable bonds is 7. The van der Waals surface area contributed by atoms with E-state index in [2.05, 4.69) is 15.3 Å². The number of oxazole rings is 1. The van der Waals surface area contributed by atoms with Gasteiger partial charge in [0.15, 0.2) is 12.2 Å². The second-order valence-electron chi connectivity index (χ2n) is 7.02. The normalized spacial score (nSPS) is 10.5. The van der Waals surface area contributed by atoms with Crippen molar-refractivity contribution in [2.24, 2.45) is 0 Å². The molecule has 4 rings (SSSR count). The molecule has 1 N–H and O–H groups in total. The lowest BCUT2D eigenvalue weighted by atomic mass is 10.1. The minimum Gasteiger partial charge on any atom is -0.444 e. The molecule has 0 radical (unpaired) electrons. The van der Waals surface area contributed by atoms with Crippen molar-refractivity contribution in [2.45, 2.75) is 6.54 Å². The van der Waals surface area contributed by atoms with Crippen molar-refractivity contribution < 1.29 is 14.0 Å². The van der Waals surface area contributed by atoms with Gasteiger partial charge in [0, 0.05) is 40.8 Å². The number of amides is 2. The smallest absolute Gasteiger partial charge is 0.254 e. The van der Waals surface area contributed by atoms with Crippen LogP contribution < -0.4 is 5.32 Å². The van der Waals surface area contributed by atoms with Crippen molar-refractivity contribution in [2.75, 3.05) is 11.9 Å². The molecule has 0 aliphatic rings. The number of carbonyl (C=O) groups is 2. The highest BCUT2D eigenvalue weighted by Crippen LogP contribution is 2.20. The summed E-state index contributed by atoms with van der Waals surface area (Å²) in [5, 5.41) is 3.37. The van der Waals surface area contributed by atoms with Crippen LogP contribution in [0.4, 0.5) is 5.69 Å². The standard InChI is InChI=1S/C24H19ClN4O3/c25-20-7-9-21(10-8-20)28-23(30)15-29(14-17-2-1-11-26-12-17)24(31)19-5-3-18(4-6-19)22-13-27-16-32-22/h1-13,16H,14-15H2,(H,28,30). The largest absolute Gasteiger partial charge is 0.444 e. The van der Waals surface area contributed by atoms with Gasteiger partial charge in [-0.1, -0.05) is 29.8 Å². The summed E-state index contributed by atoms with van der Waals surface area (Å²) < 4.78 is 5.29. The Morgan fingerprint density at radius 3 is 2.41 bits per heavy atom. The van der Waals surface area contributed by atoms with E-state index in [1.165, 1.54) is 11.3 Å². The summed E-state index contributed by atoms with van der Waals surface area (Å²) in [5.74, 6) is 0.0191. The maximum atomic E-state index is 13.3. The van der Waals surface area contributed by atoms with E-state index in [1.807, 2.05) is 6.07 Å². The molecule has 32 heavy (non-hydrogen) atoms. The van der Waals surface area contributed by atoms with Gasteiger partial charge in [-0.2, -0.15) is 0 Å². The van der Waals surface area contributed by atoms with Gasteiger partial charge in [-0.25, -0.2) is 4.98 Å².